The molecule has 98 valence electrons. The molecule has 2 nitrogen and oxygen atoms in total. The molecule has 3 rings (SSSR count). The molecule has 3 N–H and O–H groups in total. The highest BCUT2D eigenvalue weighted by atomic mass is 15.2. The molecule has 0 amide bonds. The van der Waals surface area contributed by atoms with Crippen LogP contribution >= 0.6 is 0 Å². The maximum atomic E-state index is 5.81. The van der Waals surface area contributed by atoms with Crippen molar-refractivity contribution < 1.29 is 0 Å². The van der Waals surface area contributed by atoms with Gasteiger partial charge in [-0.05, 0) is 41.9 Å². The van der Waals surface area contributed by atoms with Crippen molar-refractivity contribution in [2.24, 2.45) is 11.8 Å². The summed E-state index contributed by atoms with van der Waals surface area (Å²) in [6, 6.07) is 19.5. The minimum atomic E-state index is 0.245. The zero-order valence-electron chi connectivity index (χ0n) is 11.0. The van der Waals surface area contributed by atoms with Crippen LogP contribution in [0.1, 0.15) is 29.2 Å². The standard InChI is InChI=1S/C17H20N2/c18-19-17(14-7-2-1-3-8-14)16-11-10-13-6-4-5-9-15(13)12-16/h1-9,16-17,19H,10-12,18H2. The summed E-state index contributed by atoms with van der Waals surface area (Å²) >= 11 is 0. The number of benzene rings is 2. The summed E-state index contributed by atoms with van der Waals surface area (Å²) in [5, 5.41) is 0. The lowest BCUT2D eigenvalue weighted by Gasteiger charge is -2.31. The van der Waals surface area contributed by atoms with Gasteiger partial charge < -0.3 is 0 Å². The van der Waals surface area contributed by atoms with Gasteiger partial charge in [-0.1, -0.05) is 54.6 Å². The van der Waals surface area contributed by atoms with Crippen LogP contribution in [0, 0.1) is 5.92 Å². The number of nitrogens with one attached hydrogen (secondary N) is 1. The lowest BCUT2D eigenvalue weighted by molar-refractivity contribution is 0.329. The van der Waals surface area contributed by atoms with Crippen molar-refractivity contribution in [2.75, 3.05) is 0 Å². The molecule has 2 aromatic rings. The topological polar surface area (TPSA) is 38.0 Å². The predicted molar refractivity (Wildman–Crippen MR) is 78.5 cm³/mol. The summed E-state index contributed by atoms with van der Waals surface area (Å²) in [6.07, 6.45) is 3.46. The fourth-order valence-electron chi connectivity index (χ4n) is 3.18. The number of fused-ring (bicyclic) bond motifs is 1. The molecule has 2 atom stereocenters. The van der Waals surface area contributed by atoms with E-state index in [9.17, 15) is 0 Å². The molecule has 2 unspecified atom stereocenters. The van der Waals surface area contributed by atoms with E-state index in [-0.39, 0.29) is 6.04 Å². The van der Waals surface area contributed by atoms with Crippen LogP contribution in [0.15, 0.2) is 54.6 Å². The molecule has 2 aromatic carbocycles. The van der Waals surface area contributed by atoms with Crippen molar-refractivity contribution in [3.05, 3.63) is 71.3 Å². The Kier molecular flexibility index (Phi) is 3.62. The molecule has 0 fully saturated rings. The average Bonchev–Trinajstić information content (AvgIpc) is 2.49. The third-order valence-corrected chi connectivity index (χ3v) is 4.19. The maximum absolute atomic E-state index is 5.81. The van der Waals surface area contributed by atoms with E-state index in [1.54, 1.807) is 0 Å². The number of aryl methyl sites for hydroxylation is 1. The van der Waals surface area contributed by atoms with E-state index < -0.39 is 0 Å². The van der Waals surface area contributed by atoms with E-state index in [0.717, 1.165) is 12.8 Å². The van der Waals surface area contributed by atoms with Gasteiger partial charge >= 0.3 is 0 Å². The summed E-state index contributed by atoms with van der Waals surface area (Å²) < 4.78 is 0. The Morgan fingerprint density at radius 1 is 0.947 bits per heavy atom. The Balaban J connectivity index is 1.83. The molecule has 1 aliphatic rings. The van der Waals surface area contributed by atoms with Crippen LogP contribution in [0.3, 0.4) is 0 Å². The number of hydrogen-bond donors (Lipinski definition) is 2. The molecule has 0 bridgehead atoms. The van der Waals surface area contributed by atoms with Crippen molar-refractivity contribution in [3.8, 4) is 0 Å². The van der Waals surface area contributed by atoms with Crippen molar-refractivity contribution in [3.63, 3.8) is 0 Å². The summed E-state index contributed by atoms with van der Waals surface area (Å²) in [5.74, 6) is 6.38. The largest absolute Gasteiger partial charge is 0.271 e. The second-order valence-corrected chi connectivity index (χ2v) is 5.33. The normalized spacial score (nSPS) is 19.7. The zero-order valence-corrected chi connectivity index (χ0v) is 11.0. The van der Waals surface area contributed by atoms with E-state index in [1.807, 2.05) is 6.07 Å². The van der Waals surface area contributed by atoms with Crippen LogP contribution in [0.25, 0.3) is 0 Å². The molecule has 0 radical (unpaired) electrons. The van der Waals surface area contributed by atoms with Gasteiger partial charge in [-0.15, -0.1) is 0 Å². The number of nitrogens with two attached hydrogens (primary N) is 1. The highest BCUT2D eigenvalue weighted by Crippen LogP contribution is 2.33. The van der Waals surface area contributed by atoms with Crippen LogP contribution in [0.2, 0.25) is 0 Å². The fraction of sp³-hybridized carbons (Fsp3) is 0.294. The van der Waals surface area contributed by atoms with Gasteiger partial charge in [-0.2, -0.15) is 0 Å². The summed E-state index contributed by atoms with van der Waals surface area (Å²) in [7, 11) is 0. The van der Waals surface area contributed by atoms with E-state index in [0.29, 0.717) is 5.92 Å². The Morgan fingerprint density at radius 3 is 2.37 bits per heavy atom. The minimum absolute atomic E-state index is 0.245. The van der Waals surface area contributed by atoms with Crippen LogP contribution in [-0.4, -0.2) is 0 Å². The first-order valence-corrected chi connectivity index (χ1v) is 6.96. The molecule has 0 aromatic heterocycles. The number of hydrazine groups is 1. The second kappa shape index (κ2) is 5.55. The Hall–Kier alpha value is -1.64. The molecule has 0 spiro atoms. The lowest BCUT2D eigenvalue weighted by Crippen LogP contribution is -2.36. The second-order valence-electron chi connectivity index (χ2n) is 5.33. The molecule has 2 heteroatoms. The minimum Gasteiger partial charge on any atom is -0.271 e. The Morgan fingerprint density at radius 2 is 1.63 bits per heavy atom. The van der Waals surface area contributed by atoms with Gasteiger partial charge in [-0.25, -0.2) is 0 Å². The summed E-state index contributed by atoms with van der Waals surface area (Å²) in [5.41, 5.74) is 7.29. The third kappa shape index (κ3) is 2.55. The first-order chi connectivity index (χ1) is 9.38. The monoisotopic (exact) mass is 252 g/mol. The molecule has 1 aliphatic carbocycles. The van der Waals surface area contributed by atoms with E-state index in [4.69, 9.17) is 5.84 Å². The number of hydrogen-bond acceptors (Lipinski definition) is 2. The Bertz CT molecular complexity index is 536. The van der Waals surface area contributed by atoms with E-state index in [1.165, 1.54) is 23.1 Å². The van der Waals surface area contributed by atoms with Gasteiger partial charge in [-0.3, -0.25) is 11.3 Å². The molecule has 0 saturated heterocycles. The first-order valence-electron chi connectivity index (χ1n) is 6.96. The average molecular weight is 252 g/mol. The highest BCUT2D eigenvalue weighted by Gasteiger charge is 2.26. The van der Waals surface area contributed by atoms with Crippen LogP contribution in [-0.2, 0) is 12.8 Å². The molecular weight excluding hydrogens is 232 g/mol. The first kappa shape index (κ1) is 12.4. The molecule has 0 saturated carbocycles. The molecular formula is C17H20N2. The zero-order chi connectivity index (χ0) is 13.1. The van der Waals surface area contributed by atoms with Crippen LogP contribution in [0.4, 0.5) is 0 Å². The molecule has 0 heterocycles. The van der Waals surface area contributed by atoms with E-state index in [2.05, 4.69) is 54.0 Å². The van der Waals surface area contributed by atoms with Gasteiger partial charge in [0, 0.05) is 6.04 Å². The fourth-order valence-corrected chi connectivity index (χ4v) is 3.18. The van der Waals surface area contributed by atoms with Gasteiger partial charge in [0.25, 0.3) is 0 Å². The van der Waals surface area contributed by atoms with Gasteiger partial charge in [0.1, 0.15) is 0 Å². The highest BCUT2D eigenvalue weighted by molar-refractivity contribution is 5.31. The quantitative estimate of drug-likeness (QED) is 0.651. The van der Waals surface area contributed by atoms with Gasteiger partial charge in [0.05, 0.1) is 0 Å². The molecule has 0 aliphatic heterocycles. The van der Waals surface area contributed by atoms with Gasteiger partial charge in [0.2, 0.25) is 0 Å². The summed E-state index contributed by atoms with van der Waals surface area (Å²) in [4.78, 5) is 0. The third-order valence-electron chi connectivity index (χ3n) is 4.19. The summed E-state index contributed by atoms with van der Waals surface area (Å²) in [6.45, 7) is 0. The van der Waals surface area contributed by atoms with E-state index >= 15 is 0 Å². The van der Waals surface area contributed by atoms with Gasteiger partial charge in [0.15, 0.2) is 0 Å². The van der Waals surface area contributed by atoms with Crippen molar-refractivity contribution in [1.82, 2.24) is 5.43 Å². The van der Waals surface area contributed by atoms with Crippen molar-refractivity contribution in [1.29, 1.82) is 0 Å². The smallest absolute Gasteiger partial charge is 0.0491 e. The van der Waals surface area contributed by atoms with Crippen LogP contribution in [0.5, 0.6) is 0 Å². The molecule has 19 heavy (non-hydrogen) atoms. The predicted octanol–water partition coefficient (Wildman–Crippen LogP) is 3.00. The van der Waals surface area contributed by atoms with Crippen molar-refractivity contribution >= 4 is 0 Å². The van der Waals surface area contributed by atoms with Crippen molar-refractivity contribution in [2.45, 2.75) is 25.3 Å². The SMILES string of the molecule is NNC(c1ccccc1)C1CCc2ccccc2C1. The maximum Gasteiger partial charge on any atom is 0.0491 e. The Labute approximate surface area is 114 Å². The lowest BCUT2D eigenvalue weighted by atomic mass is 9.78. The van der Waals surface area contributed by atoms with Crippen LogP contribution < -0.4 is 11.3 Å². The number of rotatable bonds is 3.